The number of nitrogens with one attached hydrogen (secondary N) is 1. The van der Waals surface area contributed by atoms with Crippen LogP contribution in [0.4, 0.5) is 0 Å². The van der Waals surface area contributed by atoms with Crippen molar-refractivity contribution in [1.82, 2.24) is 5.32 Å². The van der Waals surface area contributed by atoms with Gasteiger partial charge in [0.05, 0.1) is 0 Å². The largest absolute Gasteiger partial charge is 0.355 e. The van der Waals surface area contributed by atoms with Crippen LogP contribution >= 0.6 is 9.24 Å². The van der Waals surface area contributed by atoms with Gasteiger partial charge in [0, 0.05) is 12.6 Å². The minimum absolute atomic E-state index is 0.152. The molecule has 0 aromatic rings. The summed E-state index contributed by atoms with van der Waals surface area (Å²) in [6, 6.07) is 0. The molecule has 0 aromatic carbocycles. The summed E-state index contributed by atoms with van der Waals surface area (Å²) in [5.41, 5.74) is 0.458. The van der Waals surface area contributed by atoms with Crippen LogP contribution in [0.3, 0.4) is 0 Å². The summed E-state index contributed by atoms with van der Waals surface area (Å²) in [5, 5.41) is 3.59. The number of carbonyl (C=O) groups excluding carboxylic acids is 1. The second kappa shape index (κ2) is 5.73. The molecule has 1 amide bonds. The summed E-state index contributed by atoms with van der Waals surface area (Å²) in [5.74, 6) is -0.152. The van der Waals surface area contributed by atoms with E-state index in [0.29, 0.717) is 5.57 Å². The predicted octanol–water partition coefficient (Wildman–Crippen LogP) is 1.62. The first-order valence-electron chi connectivity index (χ1n) is 3.59. The van der Waals surface area contributed by atoms with Gasteiger partial charge >= 0.3 is 0 Å². The van der Waals surface area contributed by atoms with E-state index in [9.17, 15) is 4.79 Å². The number of allylic oxidation sites excluding steroid dienone is 3. The summed E-state index contributed by atoms with van der Waals surface area (Å²) >= 11 is 0. The maximum absolute atomic E-state index is 10.9. The Morgan fingerprint density at radius 3 is 2.58 bits per heavy atom. The number of rotatable bonds is 3. The number of carbonyl (C=O) groups is 1. The van der Waals surface area contributed by atoms with Crippen LogP contribution in [0.25, 0.3) is 0 Å². The Balaban J connectivity index is 4.10. The van der Waals surface area contributed by atoms with Crippen molar-refractivity contribution in [2.75, 3.05) is 7.05 Å². The summed E-state index contributed by atoms with van der Waals surface area (Å²) in [7, 11) is 4.14. The molecule has 0 aromatic heterocycles. The van der Waals surface area contributed by atoms with E-state index in [1.165, 1.54) is 0 Å². The fourth-order valence-electron chi connectivity index (χ4n) is 0.552. The molecule has 0 aliphatic heterocycles. The molecule has 3 heteroatoms. The number of amides is 1. The van der Waals surface area contributed by atoms with E-state index in [1.54, 1.807) is 19.2 Å². The van der Waals surface area contributed by atoms with Gasteiger partial charge in [-0.15, -0.1) is 9.24 Å². The van der Waals surface area contributed by atoms with Crippen LogP contribution in [0.15, 0.2) is 35.7 Å². The van der Waals surface area contributed by atoms with Gasteiger partial charge < -0.3 is 5.32 Å². The lowest BCUT2D eigenvalue weighted by molar-refractivity contribution is -0.116. The smallest absolute Gasteiger partial charge is 0.250 e. The highest BCUT2D eigenvalue weighted by Gasteiger charge is 1.96. The number of hydrogen-bond donors (Lipinski definition) is 1. The molecule has 0 fully saturated rings. The minimum Gasteiger partial charge on any atom is -0.355 e. The molecule has 0 aliphatic rings. The molecule has 0 rings (SSSR count). The molecule has 0 radical (unpaired) electrons. The van der Waals surface area contributed by atoms with Gasteiger partial charge in [0.25, 0.3) is 0 Å². The van der Waals surface area contributed by atoms with Crippen molar-refractivity contribution in [1.29, 1.82) is 0 Å². The topological polar surface area (TPSA) is 29.1 Å². The molecular formula is C9H14NOP. The molecule has 12 heavy (non-hydrogen) atoms. The number of hydrogen-bond acceptors (Lipinski definition) is 1. The zero-order valence-electron chi connectivity index (χ0n) is 7.42. The average Bonchev–Trinajstić information content (AvgIpc) is 2.02. The van der Waals surface area contributed by atoms with Gasteiger partial charge in [-0.3, -0.25) is 4.79 Å². The van der Waals surface area contributed by atoms with Crippen LogP contribution in [0.5, 0.6) is 0 Å². The summed E-state index contributed by atoms with van der Waals surface area (Å²) < 4.78 is 0. The predicted molar refractivity (Wildman–Crippen MR) is 55.8 cm³/mol. The third-order valence-corrected chi connectivity index (χ3v) is 1.37. The fraction of sp³-hybridized carbons (Fsp3) is 0.222. The Kier molecular flexibility index (Phi) is 5.31. The van der Waals surface area contributed by atoms with E-state index in [2.05, 4.69) is 21.1 Å². The molecular weight excluding hydrogens is 169 g/mol. The van der Waals surface area contributed by atoms with Crippen molar-refractivity contribution < 1.29 is 4.79 Å². The second-order valence-electron chi connectivity index (χ2n) is 2.37. The van der Waals surface area contributed by atoms with E-state index in [0.717, 1.165) is 5.31 Å². The third-order valence-electron chi connectivity index (χ3n) is 1.18. The van der Waals surface area contributed by atoms with Crippen molar-refractivity contribution in [2.24, 2.45) is 0 Å². The molecule has 0 bridgehead atoms. The van der Waals surface area contributed by atoms with Crippen LogP contribution < -0.4 is 5.32 Å². The lowest BCUT2D eigenvalue weighted by Crippen LogP contribution is -2.18. The highest BCUT2D eigenvalue weighted by atomic mass is 31.0. The van der Waals surface area contributed by atoms with Gasteiger partial charge in [-0.05, 0) is 6.92 Å². The molecule has 0 spiro atoms. The molecule has 1 atom stereocenters. The van der Waals surface area contributed by atoms with Crippen molar-refractivity contribution >= 4 is 15.1 Å². The van der Waals surface area contributed by atoms with Crippen molar-refractivity contribution in [2.45, 2.75) is 6.92 Å². The molecule has 0 aliphatic carbocycles. The minimum atomic E-state index is -0.152. The van der Waals surface area contributed by atoms with Crippen LogP contribution in [0.2, 0.25) is 0 Å². The van der Waals surface area contributed by atoms with Gasteiger partial charge in [0.1, 0.15) is 0 Å². The summed E-state index contributed by atoms with van der Waals surface area (Å²) in [6.45, 7) is 5.54. The van der Waals surface area contributed by atoms with E-state index < -0.39 is 0 Å². The SMILES string of the molecule is C=C(/C=C\C=C(/C)P)C(=O)NC. The van der Waals surface area contributed by atoms with Gasteiger partial charge in [0.2, 0.25) is 5.91 Å². The molecule has 0 saturated heterocycles. The zero-order valence-corrected chi connectivity index (χ0v) is 8.58. The van der Waals surface area contributed by atoms with E-state index in [1.807, 2.05) is 13.0 Å². The second-order valence-corrected chi connectivity index (χ2v) is 3.28. The van der Waals surface area contributed by atoms with Crippen LogP contribution in [0.1, 0.15) is 6.92 Å². The zero-order chi connectivity index (χ0) is 9.56. The summed E-state index contributed by atoms with van der Waals surface area (Å²) in [6.07, 6.45) is 5.35. The first-order chi connectivity index (χ1) is 5.57. The molecule has 66 valence electrons. The highest BCUT2D eigenvalue weighted by Crippen LogP contribution is 2.02. The Bertz CT molecular complexity index is 237. The maximum Gasteiger partial charge on any atom is 0.250 e. The first kappa shape index (κ1) is 11.1. The Hall–Kier alpha value is -0.880. The highest BCUT2D eigenvalue weighted by molar-refractivity contribution is 7.22. The summed E-state index contributed by atoms with van der Waals surface area (Å²) in [4.78, 5) is 10.9. The molecule has 1 unspecified atom stereocenters. The van der Waals surface area contributed by atoms with Gasteiger partial charge in [-0.2, -0.15) is 0 Å². The Labute approximate surface area is 75.6 Å². The third kappa shape index (κ3) is 4.86. The maximum atomic E-state index is 10.9. The van der Waals surface area contributed by atoms with Gasteiger partial charge in [0.15, 0.2) is 0 Å². The fourth-order valence-corrected chi connectivity index (χ4v) is 0.663. The molecule has 1 N–H and O–H groups in total. The van der Waals surface area contributed by atoms with Crippen molar-refractivity contribution in [3.63, 3.8) is 0 Å². The number of likely N-dealkylation sites (N-methyl/N-ethyl adjacent to an activating group) is 1. The lowest BCUT2D eigenvalue weighted by Gasteiger charge is -1.95. The van der Waals surface area contributed by atoms with E-state index in [-0.39, 0.29) is 5.91 Å². The first-order valence-corrected chi connectivity index (χ1v) is 4.17. The van der Waals surface area contributed by atoms with Gasteiger partial charge in [-0.25, -0.2) is 0 Å². The molecule has 0 saturated carbocycles. The van der Waals surface area contributed by atoms with Crippen LogP contribution in [0, 0.1) is 0 Å². The normalized spacial score (nSPS) is 11.8. The lowest BCUT2D eigenvalue weighted by atomic mass is 10.2. The molecule has 0 heterocycles. The monoisotopic (exact) mass is 183 g/mol. The van der Waals surface area contributed by atoms with Gasteiger partial charge in [-0.1, -0.05) is 30.1 Å². The van der Waals surface area contributed by atoms with E-state index in [4.69, 9.17) is 0 Å². The average molecular weight is 183 g/mol. The standard InChI is InChI=1S/C9H14NOP/c1-7(9(11)10-3)5-4-6-8(2)12/h4-6H,1,12H2,2-3H3,(H,10,11)/b5-4-,8-6+. The van der Waals surface area contributed by atoms with Crippen LogP contribution in [-0.2, 0) is 4.79 Å². The van der Waals surface area contributed by atoms with Crippen molar-refractivity contribution in [3.8, 4) is 0 Å². The van der Waals surface area contributed by atoms with E-state index >= 15 is 0 Å². The van der Waals surface area contributed by atoms with Crippen LogP contribution in [-0.4, -0.2) is 13.0 Å². The van der Waals surface area contributed by atoms with Crippen molar-refractivity contribution in [3.05, 3.63) is 35.7 Å². The quantitative estimate of drug-likeness (QED) is 0.402. The Morgan fingerprint density at radius 2 is 2.17 bits per heavy atom. The Morgan fingerprint density at radius 1 is 1.58 bits per heavy atom. The molecule has 2 nitrogen and oxygen atoms in total.